The third kappa shape index (κ3) is 3.37. The monoisotopic (exact) mass is 386 g/mol. The molecular weight excluding hydrogens is 343 g/mol. The zero-order valence-corrected chi connectivity index (χ0v) is 19.0. The topological polar surface area (TPSA) is 0 Å². The van der Waals surface area contributed by atoms with Crippen LogP contribution in [0.5, 0.6) is 0 Å². The smallest absolute Gasteiger partial charge is 0.0257 e. The van der Waals surface area contributed by atoms with Gasteiger partial charge in [-0.15, -0.1) is 8.58 Å². The molecule has 0 aromatic rings. The lowest BCUT2D eigenvalue weighted by molar-refractivity contribution is -0.0578. The van der Waals surface area contributed by atoms with Gasteiger partial charge >= 0.3 is 0 Å². The Morgan fingerprint density at radius 1 is 0.556 bits per heavy atom. The van der Waals surface area contributed by atoms with E-state index >= 15 is 0 Å². The summed E-state index contributed by atoms with van der Waals surface area (Å²) in [6, 6.07) is 0. The van der Waals surface area contributed by atoms with E-state index in [1.807, 2.05) is 0 Å². The molecule has 8 fully saturated rings. The molecule has 0 amide bonds. The van der Waals surface area contributed by atoms with E-state index in [0.717, 1.165) is 57.7 Å². The van der Waals surface area contributed by atoms with Crippen LogP contribution in [0.2, 0.25) is 0 Å². The third-order valence-electron chi connectivity index (χ3n) is 10.4. The third-order valence-corrected chi connectivity index (χ3v) is 11.9. The van der Waals surface area contributed by atoms with Crippen molar-refractivity contribution in [3.05, 3.63) is 0 Å². The normalized spacial score (nSPS) is 54.9. The lowest BCUT2D eigenvalue weighted by Crippen LogP contribution is -2.47. The highest BCUT2D eigenvalue weighted by atomic mass is 31.1. The Balaban J connectivity index is 1.07. The van der Waals surface area contributed by atoms with Crippen LogP contribution in [-0.2, 0) is 0 Å². The van der Waals surface area contributed by atoms with E-state index in [1.54, 1.807) is 89.9 Å². The molecule has 0 heterocycles. The van der Waals surface area contributed by atoms with Crippen molar-refractivity contribution in [1.82, 2.24) is 0 Å². The minimum absolute atomic E-state index is 0.807. The molecule has 0 N–H and O–H groups in total. The van der Waals surface area contributed by atoms with Crippen LogP contribution >= 0.6 is 8.58 Å². The summed E-state index contributed by atoms with van der Waals surface area (Å²) in [6.45, 7) is 5.29. The van der Waals surface area contributed by atoms with Crippen LogP contribution in [0, 0.1) is 46.3 Å². The van der Waals surface area contributed by atoms with E-state index in [-0.39, 0.29) is 0 Å². The van der Waals surface area contributed by atoms with E-state index < -0.39 is 0 Å². The van der Waals surface area contributed by atoms with E-state index in [9.17, 15) is 0 Å². The fraction of sp³-hybridized carbons (Fsp3) is 1.00. The molecular formula is C26H43P. The van der Waals surface area contributed by atoms with Crippen LogP contribution in [0.4, 0.5) is 0 Å². The molecule has 0 radical (unpaired) electrons. The molecule has 152 valence electrons. The van der Waals surface area contributed by atoms with Crippen molar-refractivity contribution in [2.75, 3.05) is 0 Å². The predicted molar refractivity (Wildman–Crippen MR) is 118 cm³/mol. The Morgan fingerprint density at radius 2 is 0.815 bits per heavy atom. The fourth-order valence-electron chi connectivity index (χ4n) is 11.0. The second-order valence-corrected chi connectivity index (χ2v) is 15.5. The van der Waals surface area contributed by atoms with Crippen LogP contribution in [0.25, 0.3) is 0 Å². The van der Waals surface area contributed by atoms with Gasteiger partial charge in [-0.1, -0.05) is 13.8 Å². The van der Waals surface area contributed by atoms with Gasteiger partial charge in [0.1, 0.15) is 0 Å². The molecule has 0 aliphatic heterocycles. The Bertz CT molecular complexity index is 456. The van der Waals surface area contributed by atoms with Crippen LogP contribution in [0.15, 0.2) is 0 Å². The number of hydrogen-bond donors (Lipinski definition) is 0. The molecule has 8 aliphatic carbocycles. The van der Waals surface area contributed by atoms with Crippen molar-refractivity contribution < 1.29 is 0 Å². The molecule has 0 spiro atoms. The van der Waals surface area contributed by atoms with Gasteiger partial charge in [0.25, 0.3) is 0 Å². The highest BCUT2D eigenvalue weighted by molar-refractivity contribution is 7.39. The molecule has 2 unspecified atom stereocenters. The number of hydrogen-bond acceptors (Lipinski definition) is 0. The average Bonchev–Trinajstić information content (AvgIpc) is 2.50. The van der Waals surface area contributed by atoms with E-state index in [1.165, 1.54) is 8.58 Å². The van der Waals surface area contributed by atoms with Gasteiger partial charge in [0.05, 0.1) is 0 Å². The SMILES string of the molecule is CC(CC12CC3CC(CC(C3)C1)C2)PC(C)CC12CC3CC(CC(C3)C1)C2. The Kier molecular flexibility index (Phi) is 4.36. The average molecular weight is 387 g/mol. The van der Waals surface area contributed by atoms with Crippen molar-refractivity contribution in [1.29, 1.82) is 0 Å². The lowest BCUT2D eigenvalue weighted by atomic mass is 9.48. The predicted octanol–water partition coefficient (Wildman–Crippen LogP) is 7.65. The number of rotatable bonds is 6. The second-order valence-electron chi connectivity index (χ2n) is 13.2. The van der Waals surface area contributed by atoms with Crippen molar-refractivity contribution >= 4 is 8.58 Å². The Morgan fingerprint density at radius 3 is 1.07 bits per heavy atom. The fourth-order valence-corrected chi connectivity index (χ4v) is 13.1. The van der Waals surface area contributed by atoms with Crippen LogP contribution in [0.3, 0.4) is 0 Å². The molecule has 0 nitrogen and oxygen atoms in total. The first-order valence-corrected chi connectivity index (χ1v) is 13.9. The summed E-state index contributed by atoms with van der Waals surface area (Å²) in [5.41, 5.74) is 3.62. The summed E-state index contributed by atoms with van der Waals surface area (Å²) in [6.07, 6.45) is 22.6. The van der Waals surface area contributed by atoms with Gasteiger partial charge in [0, 0.05) is 0 Å². The summed E-state index contributed by atoms with van der Waals surface area (Å²) in [5.74, 6) is 6.81. The summed E-state index contributed by atoms with van der Waals surface area (Å²) in [7, 11) is 1.24. The molecule has 1 heteroatoms. The van der Waals surface area contributed by atoms with Crippen molar-refractivity contribution in [3.8, 4) is 0 Å². The first-order chi connectivity index (χ1) is 13.0. The maximum atomic E-state index is 2.65. The Labute approximate surface area is 170 Å². The van der Waals surface area contributed by atoms with Crippen molar-refractivity contribution in [2.24, 2.45) is 46.3 Å². The van der Waals surface area contributed by atoms with Crippen molar-refractivity contribution in [2.45, 2.75) is 115 Å². The maximum absolute atomic E-state index is 2.65. The lowest BCUT2D eigenvalue weighted by Gasteiger charge is -2.58. The molecule has 0 aromatic carbocycles. The van der Waals surface area contributed by atoms with Crippen molar-refractivity contribution in [3.63, 3.8) is 0 Å². The zero-order valence-electron chi connectivity index (χ0n) is 18.0. The summed E-state index contributed by atoms with van der Waals surface area (Å²) in [5, 5.41) is 0. The molecule has 0 saturated heterocycles. The molecule has 2 atom stereocenters. The van der Waals surface area contributed by atoms with Gasteiger partial charge in [-0.3, -0.25) is 0 Å². The van der Waals surface area contributed by atoms with Gasteiger partial charge < -0.3 is 0 Å². The van der Waals surface area contributed by atoms with Crippen LogP contribution in [-0.4, -0.2) is 11.3 Å². The van der Waals surface area contributed by atoms with Gasteiger partial charge in [0.2, 0.25) is 0 Å². The summed E-state index contributed by atoms with van der Waals surface area (Å²) < 4.78 is 0. The first kappa shape index (κ1) is 18.2. The summed E-state index contributed by atoms with van der Waals surface area (Å²) in [4.78, 5) is 0. The maximum Gasteiger partial charge on any atom is -0.0257 e. The minimum atomic E-state index is 0.807. The van der Waals surface area contributed by atoms with Crippen LogP contribution < -0.4 is 0 Å². The second kappa shape index (κ2) is 6.46. The van der Waals surface area contributed by atoms with E-state index in [4.69, 9.17) is 0 Å². The minimum Gasteiger partial charge on any atom is -0.116 e. The van der Waals surface area contributed by atoms with Gasteiger partial charge in [-0.05, 0) is 148 Å². The molecule has 8 rings (SSSR count). The van der Waals surface area contributed by atoms with Crippen LogP contribution in [0.1, 0.15) is 104 Å². The van der Waals surface area contributed by atoms with Gasteiger partial charge in [-0.2, -0.15) is 0 Å². The Hall–Kier alpha value is 0.430. The highest BCUT2D eigenvalue weighted by Gasteiger charge is 2.52. The highest BCUT2D eigenvalue weighted by Crippen LogP contribution is 2.64. The zero-order chi connectivity index (χ0) is 18.2. The van der Waals surface area contributed by atoms with Gasteiger partial charge in [-0.25, -0.2) is 0 Å². The van der Waals surface area contributed by atoms with E-state index in [0.29, 0.717) is 0 Å². The molecule has 8 aliphatic rings. The molecule has 0 aromatic heterocycles. The largest absolute Gasteiger partial charge is 0.116 e. The standard InChI is InChI=1S/C26H43P/c1-17(9-25-11-19-3-20(12-25)5-21(4-19)13-25)27-18(2)10-26-14-22-6-23(15-26)8-24(7-22)16-26/h17-24,27H,3-16H2,1-2H3. The van der Waals surface area contributed by atoms with Gasteiger partial charge in [0.15, 0.2) is 0 Å². The van der Waals surface area contributed by atoms with E-state index in [2.05, 4.69) is 13.8 Å². The molecule has 8 bridgehead atoms. The summed E-state index contributed by atoms with van der Waals surface area (Å²) >= 11 is 0. The quantitative estimate of drug-likeness (QED) is 0.411. The molecule has 8 saturated carbocycles. The first-order valence-electron chi connectivity index (χ1n) is 12.7. The molecule has 27 heavy (non-hydrogen) atoms.